The zero-order chi connectivity index (χ0) is 25.1. The van der Waals surface area contributed by atoms with E-state index in [9.17, 15) is 14.7 Å². The first-order valence-electron chi connectivity index (χ1n) is 11.2. The van der Waals surface area contributed by atoms with Gasteiger partial charge in [-0.1, -0.05) is 51.0 Å². The van der Waals surface area contributed by atoms with Crippen molar-refractivity contribution in [3.05, 3.63) is 92.4 Å². The normalized spacial score (nSPS) is 20.7. The lowest BCUT2D eigenvalue weighted by molar-refractivity contribution is -0.132. The van der Waals surface area contributed by atoms with Gasteiger partial charge in [0.1, 0.15) is 17.6 Å². The van der Waals surface area contributed by atoms with Crippen molar-refractivity contribution in [2.45, 2.75) is 25.5 Å². The molecular formula is C27H18BrClN2O4S. The number of rotatable bonds is 3. The molecule has 0 aliphatic carbocycles. The molecule has 0 saturated carbocycles. The van der Waals surface area contributed by atoms with Gasteiger partial charge in [-0.15, -0.1) is 0 Å². The van der Waals surface area contributed by atoms with Gasteiger partial charge in [-0.05, 0) is 66.6 Å². The summed E-state index contributed by atoms with van der Waals surface area (Å²) in [4.78, 5) is 32.8. The molecular weight excluding hydrogens is 564 g/mol. The maximum atomic E-state index is 13.4. The molecule has 1 fully saturated rings. The molecule has 1 N–H and O–H groups in total. The maximum Gasteiger partial charge on any atom is 0.301 e. The molecule has 1 amide bonds. The third-order valence-corrected chi connectivity index (χ3v) is 8.13. The standard InChI is InChI=1S/C27H18BrClN2O4S/c1-13-10-16-11-15(4-9-20(16)35-13)24(32)22-23(14-2-5-17(28)6-3-14)31(26(34)25(22)33)27-30-19-8-7-18(29)12-21(19)36-27/h2-9,11-13,23,32H,10H2,1H3/b24-22+/t13-,23+/m1/s1. The Morgan fingerprint density at radius 2 is 1.92 bits per heavy atom. The molecule has 2 aliphatic rings. The highest BCUT2D eigenvalue weighted by molar-refractivity contribution is 9.10. The number of aliphatic hydroxyl groups is 1. The number of fused-ring (bicyclic) bond motifs is 2. The number of hydrogen-bond acceptors (Lipinski definition) is 6. The molecule has 4 aromatic rings. The number of amides is 1. The number of hydrogen-bond donors (Lipinski definition) is 1. The fraction of sp³-hybridized carbons (Fsp3) is 0.148. The van der Waals surface area contributed by atoms with Crippen molar-refractivity contribution >= 4 is 71.7 Å². The summed E-state index contributed by atoms with van der Waals surface area (Å²) in [6.45, 7) is 1.98. The van der Waals surface area contributed by atoms with Gasteiger partial charge in [0, 0.05) is 21.5 Å². The Morgan fingerprint density at radius 3 is 2.69 bits per heavy atom. The van der Waals surface area contributed by atoms with Crippen LogP contribution >= 0.6 is 38.9 Å². The number of halogens is 2. The molecule has 2 atom stereocenters. The highest BCUT2D eigenvalue weighted by Gasteiger charge is 2.48. The Hall–Kier alpha value is -3.20. The molecule has 1 saturated heterocycles. The molecule has 2 aliphatic heterocycles. The highest BCUT2D eigenvalue weighted by atomic mass is 79.9. The quantitative estimate of drug-likeness (QED) is 0.166. The molecule has 9 heteroatoms. The largest absolute Gasteiger partial charge is 0.507 e. The molecule has 0 radical (unpaired) electrons. The number of thiazole rings is 1. The van der Waals surface area contributed by atoms with Gasteiger partial charge in [0.15, 0.2) is 5.13 Å². The minimum Gasteiger partial charge on any atom is -0.507 e. The second-order valence-electron chi connectivity index (χ2n) is 8.78. The molecule has 6 nitrogen and oxygen atoms in total. The average Bonchev–Trinajstić information content (AvgIpc) is 3.51. The van der Waals surface area contributed by atoms with Crippen LogP contribution in [0.5, 0.6) is 5.75 Å². The van der Waals surface area contributed by atoms with Crippen molar-refractivity contribution < 1.29 is 19.4 Å². The molecule has 0 unspecified atom stereocenters. The van der Waals surface area contributed by atoms with E-state index >= 15 is 0 Å². The van der Waals surface area contributed by atoms with Crippen LogP contribution in [0.25, 0.3) is 16.0 Å². The van der Waals surface area contributed by atoms with Gasteiger partial charge >= 0.3 is 5.91 Å². The third kappa shape index (κ3) is 3.80. The zero-order valence-electron chi connectivity index (χ0n) is 18.9. The van der Waals surface area contributed by atoms with Crippen molar-refractivity contribution in [2.75, 3.05) is 4.90 Å². The number of benzene rings is 3. The predicted molar refractivity (Wildman–Crippen MR) is 144 cm³/mol. The Kier molecular flexibility index (Phi) is 5.63. The van der Waals surface area contributed by atoms with Gasteiger partial charge in [0.25, 0.3) is 5.78 Å². The van der Waals surface area contributed by atoms with Crippen LogP contribution in [-0.4, -0.2) is 27.9 Å². The molecule has 3 aromatic carbocycles. The average molecular weight is 582 g/mol. The van der Waals surface area contributed by atoms with E-state index in [4.69, 9.17) is 16.3 Å². The smallest absolute Gasteiger partial charge is 0.301 e. The van der Waals surface area contributed by atoms with Crippen LogP contribution in [0.3, 0.4) is 0 Å². The summed E-state index contributed by atoms with van der Waals surface area (Å²) in [6.07, 6.45) is 0.744. The van der Waals surface area contributed by atoms with E-state index in [1.54, 1.807) is 30.3 Å². The van der Waals surface area contributed by atoms with Crippen LogP contribution in [0.1, 0.15) is 29.7 Å². The van der Waals surface area contributed by atoms with E-state index in [1.807, 2.05) is 37.3 Å². The summed E-state index contributed by atoms with van der Waals surface area (Å²) in [5.74, 6) is -0.970. The fourth-order valence-electron chi connectivity index (χ4n) is 4.70. The SMILES string of the molecule is C[C@@H]1Cc2cc(/C(O)=C3\C(=O)C(=O)N(c4nc5ccc(Cl)cc5s4)[C@H]3c3ccc(Br)cc3)ccc2O1. The van der Waals surface area contributed by atoms with Gasteiger partial charge in [-0.2, -0.15) is 0 Å². The van der Waals surface area contributed by atoms with E-state index in [0.29, 0.717) is 33.2 Å². The summed E-state index contributed by atoms with van der Waals surface area (Å²) in [7, 11) is 0. The topological polar surface area (TPSA) is 79.7 Å². The van der Waals surface area contributed by atoms with Gasteiger partial charge in [-0.3, -0.25) is 14.5 Å². The summed E-state index contributed by atoms with van der Waals surface area (Å²) in [5, 5.41) is 12.3. The lowest BCUT2D eigenvalue weighted by Crippen LogP contribution is -2.29. The Bertz CT molecular complexity index is 1600. The summed E-state index contributed by atoms with van der Waals surface area (Å²) in [6, 6.07) is 17.1. The number of ketones is 1. The minimum atomic E-state index is -0.849. The van der Waals surface area contributed by atoms with Crippen LogP contribution in [0, 0.1) is 0 Å². The summed E-state index contributed by atoms with van der Waals surface area (Å²) in [5.41, 5.74) is 2.77. The Balaban J connectivity index is 1.53. The van der Waals surface area contributed by atoms with Crippen molar-refractivity contribution in [2.24, 2.45) is 0 Å². The molecule has 36 heavy (non-hydrogen) atoms. The first-order chi connectivity index (χ1) is 17.3. The minimum absolute atomic E-state index is 0.0199. The van der Waals surface area contributed by atoms with Gasteiger partial charge < -0.3 is 9.84 Å². The Morgan fingerprint density at radius 1 is 1.14 bits per heavy atom. The molecule has 0 spiro atoms. The molecule has 3 heterocycles. The van der Waals surface area contributed by atoms with Crippen molar-refractivity contribution in [1.82, 2.24) is 4.98 Å². The number of aromatic nitrogens is 1. The number of carbonyl (C=O) groups excluding carboxylic acids is 2. The van der Waals surface area contributed by atoms with E-state index in [2.05, 4.69) is 20.9 Å². The van der Waals surface area contributed by atoms with Crippen LogP contribution in [0.4, 0.5) is 5.13 Å². The fourth-order valence-corrected chi connectivity index (χ4v) is 6.24. The van der Waals surface area contributed by atoms with Crippen molar-refractivity contribution in [3.8, 4) is 5.75 Å². The van der Waals surface area contributed by atoms with Gasteiger partial charge in [-0.25, -0.2) is 4.98 Å². The van der Waals surface area contributed by atoms with Gasteiger partial charge in [0.2, 0.25) is 0 Å². The number of anilines is 1. The van der Waals surface area contributed by atoms with E-state index in [1.165, 1.54) is 16.2 Å². The molecule has 6 rings (SSSR count). The number of nitrogens with zero attached hydrogens (tertiary/aromatic N) is 2. The maximum absolute atomic E-state index is 13.4. The lowest BCUT2D eigenvalue weighted by Gasteiger charge is -2.23. The van der Waals surface area contributed by atoms with Crippen LogP contribution in [0.15, 0.2) is 70.7 Å². The van der Waals surface area contributed by atoms with Crippen molar-refractivity contribution in [1.29, 1.82) is 0 Å². The number of ether oxygens (including phenoxy) is 1. The van der Waals surface area contributed by atoms with E-state index in [0.717, 1.165) is 20.5 Å². The van der Waals surface area contributed by atoms with Crippen LogP contribution in [-0.2, 0) is 16.0 Å². The van der Waals surface area contributed by atoms with Crippen LogP contribution < -0.4 is 9.64 Å². The third-order valence-electron chi connectivity index (χ3n) is 6.34. The number of carbonyl (C=O) groups is 2. The second kappa shape index (κ2) is 8.73. The van der Waals surface area contributed by atoms with E-state index in [-0.39, 0.29) is 17.4 Å². The first-order valence-corrected chi connectivity index (χ1v) is 13.2. The highest BCUT2D eigenvalue weighted by Crippen LogP contribution is 2.45. The number of aliphatic hydroxyl groups excluding tert-OH is 1. The predicted octanol–water partition coefficient (Wildman–Crippen LogP) is 6.66. The number of Topliss-reactive ketones (excluding diaryl/α,β-unsaturated/α-hetero) is 1. The van der Waals surface area contributed by atoms with Crippen LogP contribution in [0.2, 0.25) is 5.02 Å². The zero-order valence-corrected chi connectivity index (χ0v) is 22.0. The first kappa shape index (κ1) is 23.2. The second-order valence-corrected chi connectivity index (χ2v) is 11.1. The molecule has 1 aromatic heterocycles. The lowest BCUT2D eigenvalue weighted by atomic mass is 9.94. The van der Waals surface area contributed by atoms with Gasteiger partial charge in [0.05, 0.1) is 21.8 Å². The van der Waals surface area contributed by atoms with E-state index < -0.39 is 17.7 Å². The summed E-state index contributed by atoms with van der Waals surface area (Å²) >= 11 is 10.9. The summed E-state index contributed by atoms with van der Waals surface area (Å²) < 4.78 is 7.42. The molecule has 0 bridgehead atoms. The molecule has 180 valence electrons. The van der Waals surface area contributed by atoms with Crippen molar-refractivity contribution in [3.63, 3.8) is 0 Å². The Labute approximate surface area is 223 Å². The monoisotopic (exact) mass is 580 g/mol.